The van der Waals surface area contributed by atoms with Gasteiger partial charge in [-0.25, -0.2) is 4.98 Å². The molecule has 0 spiro atoms. The molecule has 29 heavy (non-hydrogen) atoms. The van der Waals surface area contributed by atoms with Crippen molar-refractivity contribution in [3.05, 3.63) is 65.9 Å². The molecule has 0 bridgehead atoms. The summed E-state index contributed by atoms with van der Waals surface area (Å²) in [4.78, 5) is 21.1. The van der Waals surface area contributed by atoms with E-state index in [4.69, 9.17) is 0 Å². The topological polar surface area (TPSA) is 78.9 Å². The summed E-state index contributed by atoms with van der Waals surface area (Å²) in [5.74, 6) is 1.55. The van der Waals surface area contributed by atoms with Gasteiger partial charge in [0.25, 0.3) is 0 Å². The summed E-state index contributed by atoms with van der Waals surface area (Å²) in [5, 5.41) is 9.52. The van der Waals surface area contributed by atoms with E-state index >= 15 is 0 Å². The van der Waals surface area contributed by atoms with Crippen molar-refractivity contribution < 1.29 is 4.79 Å². The maximum absolute atomic E-state index is 12.1. The number of hydrogen-bond donors (Lipinski definition) is 3. The number of nitrogens with zero attached hydrogens (tertiary/aromatic N) is 2. The predicted molar refractivity (Wildman–Crippen MR) is 117 cm³/mol. The molecule has 0 saturated heterocycles. The first-order valence-electron chi connectivity index (χ1n) is 9.92. The molecule has 3 N–H and O–H groups in total. The van der Waals surface area contributed by atoms with Crippen molar-refractivity contribution in [2.45, 2.75) is 33.1 Å². The minimum Gasteiger partial charge on any atom is -0.340 e. The van der Waals surface area contributed by atoms with Gasteiger partial charge in [-0.3, -0.25) is 4.79 Å². The Morgan fingerprint density at radius 2 is 1.48 bits per heavy atom. The monoisotopic (exact) mass is 387 g/mol. The first-order chi connectivity index (χ1) is 14.0. The molecule has 4 rings (SSSR count). The van der Waals surface area contributed by atoms with Gasteiger partial charge in [0.2, 0.25) is 11.9 Å². The van der Waals surface area contributed by atoms with Gasteiger partial charge in [0.05, 0.1) is 0 Å². The number of rotatable bonds is 6. The zero-order valence-electron chi connectivity index (χ0n) is 16.7. The second kappa shape index (κ2) is 8.31. The Kier molecular flexibility index (Phi) is 5.42. The number of nitrogens with one attached hydrogen (secondary N) is 3. The summed E-state index contributed by atoms with van der Waals surface area (Å²) in [7, 11) is 0. The van der Waals surface area contributed by atoms with Crippen molar-refractivity contribution in [2.75, 3.05) is 16.0 Å². The number of hydrogen-bond acceptors (Lipinski definition) is 5. The maximum Gasteiger partial charge on any atom is 0.229 e. The molecule has 1 aliphatic rings. The highest BCUT2D eigenvalue weighted by Crippen LogP contribution is 2.28. The number of carbonyl (C=O) groups excluding carboxylic acids is 1. The number of carbonyl (C=O) groups is 1. The van der Waals surface area contributed by atoms with Crippen molar-refractivity contribution in [2.24, 2.45) is 5.92 Å². The first-order valence-corrected chi connectivity index (χ1v) is 9.92. The smallest absolute Gasteiger partial charge is 0.229 e. The minimum atomic E-state index is 0.121. The molecule has 1 aliphatic carbocycles. The van der Waals surface area contributed by atoms with E-state index in [0.29, 0.717) is 11.8 Å². The van der Waals surface area contributed by atoms with Crippen LogP contribution in [0.3, 0.4) is 0 Å². The van der Waals surface area contributed by atoms with Crippen LogP contribution in [-0.2, 0) is 4.79 Å². The first kappa shape index (κ1) is 18.9. The lowest BCUT2D eigenvalue weighted by molar-refractivity contribution is -0.122. The molecular formula is C23H25N5O. The van der Waals surface area contributed by atoms with Gasteiger partial charge >= 0.3 is 0 Å². The lowest BCUT2D eigenvalue weighted by Gasteiger charge is -2.24. The van der Waals surface area contributed by atoms with Crippen LogP contribution < -0.4 is 16.0 Å². The van der Waals surface area contributed by atoms with E-state index in [1.807, 2.05) is 61.5 Å². The molecule has 0 atom stereocenters. The molecule has 148 valence electrons. The normalized spacial score (nSPS) is 13.4. The van der Waals surface area contributed by atoms with Gasteiger partial charge < -0.3 is 16.0 Å². The van der Waals surface area contributed by atoms with E-state index in [1.54, 1.807) is 0 Å². The Morgan fingerprint density at radius 1 is 0.862 bits per heavy atom. The number of aromatic nitrogens is 2. The summed E-state index contributed by atoms with van der Waals surface area (Å²) in [5.41, 5.74) is 4.72. The quantitative estimate of drug-likeness (QED) is 0.533. The van der Waals surface area contributed by atoms with Crippen LogP contribution >= 0.6 is 0 Å². The lowest BCUT2D eigenvalue weighted by atomic mass is 9.85. The van der Waals surface area contributed by atoms with E-state index in [9.17, 15) is 4.79 Å². The van der Waals surface area contributed by atoms with Crippen molar-refractivity contribution in [3.63, 3.8) is 0 Å². The van der Waals surface area contributed by atoms with Crippen LogP contribution in [0.5, 0.6) is 0 Å². The molecule has 1 amide bonds. The number of aryl methyl sites for hydroxylation is 2. The van der Waals surface area contributed by atoms with Crippen LogP contribution in [0.25, 0.3) is 0 Å². The Labute approximate surface area is 170 Å². The van der Waals surface area contributed by atoms with Crippen LogP contribution in [0.2, 0.25) is 0 Å². The molecular weight excluding hydrogens is 362 g/mol. The average Bonchev–Trinajstić information content (AvgIpc) is 2.63. The Hall–Kier alpha value is -3.41. The third-order valence-electron chi connectivity index (χ3n) is 5.06. The fraction of sp³-hybridized carbons (Fsp3) is 0.261. The third kappa shape index (κ3) is 4.90. The van der Waals surface area contributed by atoms with Gasteiger partial charge in [-0.1, -0.05) is 24.1 Å². The Bertz CT molecular complexity index is 995. The zero-order valence-corrected chi connectivity index (χ0v) is 16.7. The summed E-state index contributed by atoms with van der Waals surface area (Å²) in [6.45, 7) is 3.99. The van der Waals surface area contributed by atoms with E-state index in [0.717, 1.165) is 42.0 Å². The molecule has 2 aromatic carbocycles. The van der Waals surface area contributed by atoms with E-state index in [2.05, 4.69) is 32.8 Å². The Morgan fingerprint density at radius 3 is 2.14 bits per heavy atom. The van der Waals surface area contributed by atoms with E-state index in [1.165, 1.54) is 5.56 Å². The molecule has 1 fully saturated rings. The molecule has 0 aliphatic heterocycles. The third-order valence-corrected chi connectivity index (χ3v) is 5.06. The second-order valence-corrected chi connectivity index (χ2v) is 7.53. The molecule has 1 saturated carbocycles. The largest absolute Gasteiger partial charge is 0.340 e. The van der Waals surface area contributed by atoms with Crippen LogP contribution in [0.1, 0.15) is 30.5 Å². The van der Waals surface area contributed by atoms with Crippen molar-refractivity contribution in [1.29, 1.82) is 0 Å². The fourth-order valence-electron chi connectivity index (χ4n) is 3.15. The molecule has 1 heterocycles. The SMILES string of the molecule is Cc1ccc(Nc2nc(C)cc(Nc3ccc(NC(=O)C4CCC4)cc3)n2)cc1. The zero-order chi connectivity index (χ0) is 20.2. The fourth-order valence-corrected chi connectivity index (χ4v) is 3.15. The number of anilines is 5. The molecule has 3 aromatic rings. The number of amides is 1. The van der Waals surface area contributed by atoms with Gasteiger partial charge in [0, 0.05) is 34.7 Å². The van der Waals surface area contributed by atoms with Gasteiger partial charge in [-0.15, -0.1) is 0 Å². The minimum absolute atomic E-state index is 0.121. The van der Waals surface area contributed by atoms with Gasteiger partial charge in [0.15, 0.2) is 0 Å². The van der Waals surface area contributed by atoms with Gasteiger partial charge in [0.1, 0.15) is 5.82 Å². The van der Waals surface area contributed by atoms with Crippen LogP contribution in [-0.4, -0.2) is 15.9 Å². The summed E-state index contributed by atoms with van der Waals surface area (Å²) in [6, 6.07) is 17.7. The van der Waals surface area contributed by atoms with Crippen LogP contribution in [0.4, 0.5) is 28.8 Å². The summed E-state index contributed by atoms with van der Waals surface area (Å²) >= 11 is 0. The highest BCUT2D eigenvalue weighted by Gasteiger charge is 2.25. The molecule has 6 nitrogen and oxygen atoms in total. The summed E-state index contributed by atoms with van der Waals surface area (Å²) < 4.78 is 0. The summed E-state index contributed by atoms with van der Waals surface area (Å²) in [6.07, 6.45) is 3.15. The Balaban J connectivity index is 1.42. The molecule has 1 aromatic heterocycles. The molecule has 0 unspecified atom stereocenters. The van der Waals surface area contributed by atoms with Crippen molar-refractivity contribution >= 4 is 34.7 Å². The van der Waals surface area contributed by atoms with Crippen molar-refractivity contribution in [3.8, 4) is 0 Å². The van der Waals surface area contributed by atoms with Crippen LogP contribution in [0.15, 0.2) is 54.6 Å². The highest BCUT2D eigenvalue weighted by molar-refractivity contribution is 5.93. The van der Waals surface area contributed by atoms with Gasteiger partial charge in [-0.05, 0) is 63.1 Å². The standard InChI is InChI=1S/C23H25N5O/c1-15-6-8-20(9-7-15)27-23-24-16(2)14-21(28-23)25-18-10-12-19(13-11-18)26-22(29)17-4-3-5-17/h6-14,17H,3-5H2,1-2H3,(H,26,29)(H2,24,25,27,28). The van der Waals surface area contributed by atoms with E-state index in [-0.39, 0.29) is 11.8 Å². The number of benzene rings is 2. The van der Waals surface area contributed by atoms with E-state index < -0.39 is 0 Å². The highest BCUT2D eigenvalue weighted by atomic mass is 16.1. The lowest BCUT2D eigenvalue weighted by Crippen LogP contribution is -2.27. The second-order valence-electron chi connectivity index (χ2n) is 7.53. The average molecular weight is 387 g/mol. The van der Waals surface area contributed by atoms with Crippen LogP contribution in [0, 0.1) is 19.8 Å². The predicted octanol–water partition coefficient (Wildman–Crippen LogP) is 5.32. The van der Waals surface area contributed by atoms with Gasteiger partial charge in [-0.2, -0.15) is 4.98 Å². The maximum atomic E-state index is 12.1. The molecule has 0 radical (unpaired) electrons. The molecule has 6 heteroatoms. The van der Waals surface area contributed by atoms with Crippen molar-refractivity contribution in [1.82, 2.24) is 9.97 Å².